The summed E-state index contributed by atoms with van der Waals surface area (Å²) < 4.78 is 71.7. The number of hydrogen-bond acceptors (Lipinski definition) is 5. The number of halogens is 3. The highest BCUT2D eigenvalue weighted by Gasteiger charge is 2.30. The number of hydrogen-bond donors (Lipinski definition) is 1. The summed E-state index contributed by atoms with van der Waals surface area (Å²) in [6, 6.07) is 16.8. The SMILES string of the molecule is CCOc1ccc(N(CC(=O)N/N=C\c2cccc(C(F)(F)F)c2)S(=O)(=O)c2ccc(C)cc2)cc1. The predicted molar refractivity (Wildman–Crippen MR) is 131 cm³/mol. The molecule has 3 aromatic rings. The Bertz CT molecular complexity index is 1320. The van der Waals surface area contributed by atoms with Crippen molar-refractivity contribution in [2.75, 3.05) is 17.5 Å². The lowest BCUT2D eigenvalue weighted by molar-refractivity contribution is -0.137. The lowest BCUT2D eigenvalue weighted by Crippen LogP contribution is -2.39. The van der Waals surface area contributed by atoms with Crippen LogP contribution in [0.2, 0.25) is 0 Å². The van der Waals surface area contributed by atoms with E-state index in [0.29, 0.717) is 12.4 Å². The van der Waals surface area contributed by atoms with Crippen LogP contribution in [-0.2, 0) is 21.0 Å². The van der Waals surface area contributed by atoms with E-state index in [4.69, 9.17) is 4.74 Å². The molecular formula is C25H24F3N3O4S. The Kier molecular flexibility index (Phi) is 8.36. The minimum atomic E-state index is -4.52. The Morgan fingerprint density at radius 3 is 2.33 bits per heavy atom. The van der Waals surface area contributed by atoms with Gasteiger partial charge in [0, 0.05) is 0 Å². The number of rotatable bonds is 9. The summed E-state index contributed by atoms with van der Waals surface area (Å²) >= 11 is 0. The van der Waals surface area contributed by atoms with Crippen molar-refractivity contribution in [3.05, 3.63) is 89.5 Å². The maximum atomic E-state index is 13.4. The number of nitrogens with zero attached hydrogens (tertiary/aromatic N) is 2. The fourth-order valence-corrected chi connectivity index (χ4v) is 4.59. The highest BCUT2D eigenvalue weighted by Crippen LogP contribution is 2.29. The molecule has 1 amide bonds. The maximum Gasteiger partial charge on any atom is 0.416 e. The Balaban J connectivity index is 1.83. The molecule has 7 nitrogen and oxygen atoms in total. The summed E-state index contributed by atoms with van der Waals surface area (Å²) in [5, 5.41) is 3.68. The molecule has 190 valence electrons. The van der Waals surface area contributed by atoms with E-state index < -0.39 is 34.2 Å². The quantitative estimate of drug-likeness (QED) is 0.326. The average Bonchev–Trinajstić information content (AvgIpc) is 2.83. The maximum absolute atomic E-state index is 13.4. The van der Waals surface area contributed by atoms with Gasteiger partial charge in [0.1, 0.15) is 12.3 Å². The molecule has 3 rings (SSSR count). The first-order valence-electron chi connectivity index (χ1n) is 10.8. The number of ether oxygens (including phenoxy) is 1. The minimum absolute atomic E-state index is 0.0118. The standard InChI is InChI=1S/C25H24F3N3O4S/c1-3-35-22-11-9-21(10-12-22)31(36(33,34)23-13-7-18(2)8-14-23)17-24(32)30-29-16-19-5-4-6-20(15-19)25(26,27)28/h4-16H,3,17H2,1-2H3,(H,30,32)/b29-16-. The first-order valence-corrected chi connectivity index (χ1v) is 12.3. The third-order valence-corrected chi connectivity index (χ3v) is 6.74. The van der Waals surface area contributed by atoms with Gasteiger partial charge in [-0.25, -0.2) is 13.8 Å². The van der Waals surface area contributed by atoms with Crippen molar-refractivity contribution in [3.8, 4) is 5.75 Å². The monoisotopic (exact) mass is 519 g/mol. The van der Waals surface area contributed by atoms with Gasteiger partial charge in [0.05, 0.1) is 29.0 Å². The number of benzene rings is 3. The molecule has 0 aliphatic heterocycles. The topological polar surface area (TPSA) is 88.1 Å². The predicted octanol–water partition coefficient (Wildman–Crippen LogP) is 4.76. The number of sulfonamides is 1. The molecule has 0 aliphatic rings. The molecule has 0 aromatic heterocycles. The largest absolute Gasteiger partial charge is 0.494 e. The van der Waals surface area contributed by atoms with Crippen molar-refractivity contribution in [1.29, 1.82) is 0 Å². The van der Waals surface area contributed by atoms with Crippen molar-refractivity contribution < 1.29 is 31.1 Å². The molecule has 1 N–H and O–H groups in total. The number of nitrogens with one attached hydrogen (secondary N) is 1. The van der Waals surface area contributed by atoms with E-state index in [-0.39, 0.29) is 16.1 Å². The molecule has 0 unspecified atom stereocenters. The van der Waals surface area contributed by atoms with Crippen molar-refractivity contribution in [2.24, 2.45) is 5.10 Å². The normalized spacial score (nSPS) is 11.9. The number of anilines is 1. The fourth-order valence-electron chi connectivity index (χ4n) is 3.17. The third kappa shape index (κ3) is 6.85. The molecule has 0 atom stereocenters. The van der Waals surface area contributed by atoms with Crippen LogP contribution < -0.4 is 14.5 Å². The van der Waals surface area contributed by atoms with Crippen LogP contribution in [0.5, 0.6) is 5.75 Å². The molecule has 3 aromatic carbocycles. The van der Waals surface area contributed by atoms with Gasteiger partial charge in [-0.2, -0.15) is 18.3 Å². The van der Waals surface area contributed by atoms with Gasteiger partial charge in [-0.1, -0.05) is 29.8 Å². The molecule has 0 heterocycles. The summed E-state index contributed by atoms with van der Waals surface area (Å²) in [4.78, 5) is 12.6. The van der Waals surface area contributed by atoms with Crippen molar-refractivity contribution in [2.45, 2.75) is 24.9 Å². The summed E-state index contributed by atoms with van der Waals surface area (Å²) in [6.45, 7) is 3.43. The van der Waals surface area contributed by atoms with Crippen LogP contribution in [0.15, 0.2) is 82.8 Å². The van der Waals surface area contributed by atoms with Gasteiger partial charge in [0.25, 0.3) is 15.9 Å². The molecule has 0 saturated heterocycles. The van der Waals surface area contributed by atoms with Gasteiger partial charge in [0.15, 0.2) is 0 Å². The molecule has 0 spiro atoms. The molecule has 0 saturated carbocycles. The number of aryl methyl sites for hydroxylation is 1. The number of alkyl halides is 3. The second-order valence-electron chi connectivity index (χ2n) is 7.67. The zero-order valence-corrected chi connectivity index (χ0v) is 20.3. The molecule has 0 fully saturated rings. The van der Waals surface area contributed by atoms with Crippen LogP contribution in [0.25, 0.3) is 0 Å². The Hall–Kier alpha value is -3.86. The van der Waals surface area contributed by atoms with E-state index in [0.717, 1.165) is 28.2 Å². The summed E-state index contributed by atoms with van der Waals surface area (Å²) in [5.41, 5.74) is 2.51. The number of carbonyl (C=O) groups is 1. The summed E-state index contributed by atoms with van der Waals surface area (Å²) in [6.07, 6.45) is -3.47. The van der Waals surface area contributed by atoms with Gasteiger partial charge in [0.2, 0.25) is 0 Å². The highest BCUT2D eigenvalue weighted by atomic mass is 32.2. The van der Waals surface area contributed by atoms with E-state index in [2.05, 4.69) is 10.5 Å². The molecule has 36 heavy (non-hydrogen) atoms. The van der Waals surface area contributed by atoms with Crippen LogP contribution in [0.4, 0.5) is 18.9 Å². The van der Waals surface area contributed by atoms with Gasteiger partial charge in [-0.05, 0) is 67.9 Å². The van der Waals surface area contributed by atoms with Crippen LogP contribution in [0.1, 0.15) is 23.6 Å². The number of carbonyl (C=O) groups excluding carboxylic acids is 1. The first kappa shape index (κ1) is 26.7. The molecule has 0 bridgehead atoms. The highest BCUT2D eigenvalue weighted by molar-refractivity contribution is 7.92. The smallest absolute Gasteiger partial charge is 0.416 e. The van der Waals surface area contributed by atoms with E-state index in [1.807, 2.05) is 13.8 Å². The van der Waals surface area contributed by atoms with Gasteiger partial charge in [-0.15, -0.1) is 0 Å². The lowest BCUT2D eigenvalue weighted by atomic mass is 10.1. The molecule has 0 aliphatic carbocycles. The molecule has 0 radical (unpaired) electrons. The first-order chi connectivity index (χ1) is 17.0. The van der Waals surface area contributed by atoms with Gasteiger partial charge in [-0.3, -0.25) is 9.10 Å². The van der Waals surface area contributed by atoms with E-state index >= 15 is 0 Å². The molecule has 11 heteroatoms. The summed E-state index contributed by atoms with van der Waals surface area (Å²) in [5.74, 6) is -0.258. The average molecular weight is 520 g/mol. The molecular weight excluding hydrogens is 495 g/mol. The van der Waals surface area contributed by atoms with Crippen molar-refractivity contribution >= 4 is 27.8 Å². The van der Waals surface area contributed by atoms with Crippen LogP contribution in [-0.4, -0.2) is 33.7 Å². The Labute approximate surface area is 207 Å². The van der Waals surface area contributed by atoms with Crippen LogP contribution in [0, 0.1) is 6.92 Å². The van der Waals surface area contributed by atoms with Gasteiger partial charge >= 0.3 is 6.18 Å². The van der Waals surface area contributed by atoms with Crippen molar-refractivity contribution in [3.63, 3.8) is 0 Å². The van der Waals surface area contributed by atoms with E-state index in [9.17, 15) is 26.4 Å². The Morgan fingerprint density at radius 1 is 1.06 bits per heavy atom. The van der Waals surface area contributed by atoms with Crippen LogP contribution >= 0.6 is 0 Å². The second-order valence-corrected chi connectivity index (χ2v) is 9.53. The van der Waals surface area contributed by atoms with E-state index in [1.54, 1.807) is 24.3 Å². The Morgan fingerprint density at radius 2 is 1.72 bits per heavy atom. The van der Waals surface area contributed by atoms with Crippen LogP contribution in [0.3, 0.4) is 0 Å². The van der Waals surface area contributed by atoms with E-state index in [1.165, 1.54) is 36.4 Å². The zero-order chi connectivity index (χ0) is 26.3. The second kappa shape index (κ2) is 11.3. The van der Waals surface area contributed by atoms with Gasteiger partial charge < -0.3 is 4.74 Å². The minimum Gasteiger partial charge on any atom is -0.494 e. The number of hydrazone groups is 1. The fraction of sp³-hybridized carbons (Fsp3) is 0.200. The zero-order valence-electron chi connectivity index (χ0n) is 19.5. The lowest BCUT2D eigenvalue weighted by Gasteiger charge is -2.24. The number of amides is 1. The van der Waals surface area contributed by atoms with Crippen molar-refractivity contribution in [1.82, 2.24) is 5.43 Å². The summed E-state index contributed by atoms with van der Waals surface area (Å²) in [7, 11) is -4.14. The third-order valence-electron chi connectivity index (χ3n) is 4.95.